The summed E-state index contributed by atoms with van der Waals surface area (Å²) in [6.45, 7) is -0.574. The Balaban J connectivity index is 1.60. The van der Waals surface area contributed by atoms with Gasteiger partial charge in [-0.05, 0) is 24.3 Å². The number of hydrogen-bond acceptors (Lipinski definition) is 8. The van der Waals surface area contributed by atoms with Gasteiger partial charge in [0.1, 0.15) is 29.8 Å². The molecule has 4 aromatic rings. The molecule has 0 bridgehead atoms. The van der Waals surface area contributed by atoms with E-state index in [-0.39, 0.29) is 11.5 Å². The molecule has 37 heavy (non-hydrogen) atoms. The maximum Gasteiger partial charge on any atom is 0.195 e. The van der Waals surface area contributed by atoms with Crippen molar-refractivity contribution in [2.45, 2.75) is 30.7 Å². The number of nitrogens with zero attached hydrogens (tertiary/aromatic N) is 1. The highest BCUT2D eigenvalue weighted by Crippen LogP contribution is 2.36. The maximum absolute atomic E-state index is 13.5. The first-order valence-electron chi connectivity index (χ1n) is 11.8. The number of methoxy groups -OCH3 is 1. The molecule has 0 spiro atoms. The summed E-state index contributed by atoms with van der Waals surface area (Å²) < 4.78 is 18.4. The molecule has 192 valence electrons. The Bertz CT molecular complexity index is 1400. The van der Waals surface area contributed by atoms with Crippen molar-refractivity contribution < 1.29 is 39.4 Å². The van der Waals surface area contributed by atoms with E-state index in [4.69, 9.17) is 14.2 Å². The van der Waals surface area contributed by atoms with Crippen molar-refractivity contribution in [1.29, 1.82) is 0 Å². The molecule has 4 N–H and O–H groups in total. The van der Waals surface area contributed by atoms with Crippen LogP contribution in [0.25, 0.3) is 16.6 Å². The Morgan fingerprint density at radius 2 is 1.70 bits per heavy atom. The van der Waals surface area contributed by atoms with E-state index in [1.54, 1.807) is 59.3 Å². The zero-order valence-electron chi connectivity index (χ0n) is 20.0. The molecule has 5 atom stereocenters. The zero-order valence-corrected chi connectivity index (χ0v) is 20.0. The quantitative estimate of drug-likeness (QED) is 0.281. The van der Waals surface area contributed by atoms with Gasteiger partial charge in [0.05, 0.1) is 31.1 Å². The van der Waals surface area contributed by atoms with E-state index in [0.29, 0.717) is 33.5 Å². The van der Waals surface area contributed by atoms with Crippen molar-refractivity contribution in [2.75, 3.05) is 13.7 Å². The van der Waals surface area contributed by atoms with Crippen LogP contribution in [-0.4, -0.2) is 75.2 Å². The number of aliphatic hydroxyl groups excluding tert-OH is 4. The molecule has 1 saturated heterocycles. The third kappa shape index (κ3) is 4.59. The van der Waals surface area contributed by atoms with Crippen molar-refractivity contribution in [3.05, 3.63) is 90.1 Å². The van der Waals surface area contributed by atoms with Gasteiger partial charge in [0.2, 0.25) is 0 Å². The van der Waals surface area contributed by atoms with Crippen LogP contribution in [0, 0.1) is 0 Å². The molecule has 1 fully saturated rings. The lowest BCUT2D eigenvalue weighted by molar-refractivity contribution is -0.280. The largest absolute Gasteiger partial charge is 0.497 e. The summed E-state index contributed by atoms with van der Waals surface area (Å²) in [5.41, 5.74) is 2.20. The highest BCUT2D eigenvalue weighted by atomic mass is 16.7. The molecule has 5 rings (SSSR count). The first-order chi connectivity index (χ1) is 17.9. The average molecular weight is 506 g/mol. The predicted molar refractivity (Wildman–Crippen MR) is 134 cm³/mol. The fourth-order valence-corrected chi connectivity index (χ4v) is 4.56. The van der Waals surface area contributed by atoms with Gasteiger partial charge in [-0.2, -0.15) is 0 Å². The molecule has 9 heteroatoms. The molecule has 0 saturated carbocycles. The molecule has 1 aromatic heterocycles. The highest BCUT2D eigenvalue weighted by Gasteiger charge is 2.45. The van der Waals surface area contributed by atoms with Gasteiger partial charge in [0.25, 0.3) is 0 Å². The molecule has 1 aliphatic heterocycles. The third-order valence-corrected chi connectivity index (χ3v) is 6.53. The topological polar surface area (TPSA) is 131 Å². The van der Waals surface area contributed by atoms with E-state index in [1.807, 2.05) is 24.3 Å². The third-order valence-electron chi connectivity index (χ3n) is 6.53. The molecular weight excluding hydrogens is 478 g/mol. The standard InChI is InChI=1S/C28H27NO8/c1-35-17-11-12-19(24(31)16-7-3-2-4-8-16)21(13-17)29-14-22(18-9-5-6-10-20(18)29)36-27-26(33)25(32)23(15-30)37-28(27)34/h2-14,23,25-28,30,32-34H,15H2,1H3/t23-,25+,26+,27-,28-/m1/s1. The minimum absolute atomic E-state index is 0.178. The monoisotopic (exact) mass is 505 g/mol. The van der Waals surface area contributed by atoms with Gasteiger partial charge in [0.15, 0.2) is 18.2 Å². The van der Waals surface area contributed by atoms with E-state index in [2.05, 4.69) is 0 Å². The van der Waals surface area contributed by atoms with Crippen molar-refractivity contribution in [1.82, 2.24) is 4.57 Å². The van der Waals surface area contributed by atoms with Gasteiger partial charge >= 0.3 is 0 Å². The second kappa shape index (κ2) is 10.3. The Morgan fingerprint density at radius 1 is 0.973 bits per heavy atom. The maximum atomic E-state index is 13.5. The SMILES string of the molecule is COc1ccc(C(=O)c2ccccc2)c(-n2cc(O[C@@H]3[C@@H](O)[C@@H](O)[C@@H](CO)O[C@H]3O)c3ccccc32)c1. The van der Waals surface area contributed by atoms with Gasteiger partial charge in [-0.15, -0.1) is 0 Å². The van der Waals surface area contributed by atoms with Crippen molar-refractivity contribution >= 4 is 16.7 Å². The Morgan fingerprint density at radius 3 is 2.43 bits per heavy atom. The number of fused-ring (bicyclic) bond motifs is 1. The molecule has 2 heterocycles. The molecular formula is C28H27NO8. The van der Waals surface area contributed by atoms with Crippen LogP contribution in [0.5, 0.6) is 11.5 Å². The van der Waals surface area contributed by atoms with Crippen molar-refractivity contribution in [2.24, 2.45) is 0 Å². The fraction of sp³-hybridized carbons (Fsp3) is 0.250. The number of rotatable bonds is 7. The van der Waals surface area contributed by atoms with Gasteiger partial charge in [-0.25, -0.2) is 0 Å². The summed E-state index contributed by atoms with van der Waals surface area (Å²) in [5, 5.41) is 41.3. The lowest BCUT2D eigenvalue weighted by Crippen LogP contribution is -2.60. The molecule has 9 nitrogen and oxygen atoms in total. The number of aliphatic hydroxyl groups is 4. The Kier molecular flexibility index (Phi) is 6.96. The van der Waals surface area contributed by atoms with Crippen molar-refractivity contribution in [3.63, 3.8) is 0 Å². The Hall–Kier alpha value is -3.73. The highest BCUT2D eigenvalue weighted by molar-refractivity contribution is 6.11. The molecule has 1 aliphatic rings. The van der Waals surface area contributed by atoms with Crippen LogP contribution in [0.15, 0.2) is 79.0 Å². The van der Waals surface area contributed by atoms with Crippen LogP contribution in [0.1, 0.15) is 15.9 Å². The number of ether oxygens (including phenoxy) is 3. The predicted octanol–water partition coefficient (Wildman–Crippen LogP) is 2.05. The molecule has 0 amide bonds. The summed E-state index contributed by atoms with van der Waals surface area (Å²) in [6, 6.07) is 21.4. The second-order valence-electron chi connectivity index (χ2n) is 8.77. The molecule has 0 radical (unpaired) electrons. The first kappa shape index (κ1) is 24.9. The van der Waals surface area contributed by atoms with Crippen LogP contribution in [0.3, 0.4) is 0 Å². The molecule has 0 aliphatic carbocycles. The number of para-hydroxylation sites is 1. The van der Waals surface area contributed by atoms with E-state index in [1.165, 1.54) is 7.11 Å². The number of hydrogen-bond donors (Lipinski definition) is 4. The number of carbonyl (C=O) groups excluding carboxylic acids is 1. The smallest absolute Gasteiger partial charge is 0.195 e. The first-order valence-corrected chi connectivity index (χ1v) is 11.8. The van der Waals surface area contributed by atoms with Crippen molar-refractivity contribution in [3.8, 4) is 17.2 Å². The van der Waals surface area contributed by atoms with E-state index in [9.17, 15) is 25.2 Å². The summed E-state index contributed by atoms with van der Waals surface area (Å²) in [6.07, 6.45) is -5.40. The van der Waals surface area contributed by atoms with Crippen LogP contribution in [0.2, 0.25) is 0 Å². The Labute approximate surface area is 212 Å². The van der Waals surface area contributed by atoms with E-state index >= 15 is 0 Å². The number of ketones is 1. The van der Waals surface area contributed by atoms with Gasteiger partial charge in [-0.1, -0.05) is 42.5 Å². The summed E-state index contributed by atoms with van der Waals surface area (Å²) >= 11 is 0. The number of carbonyl (C=O) groups is 1. The summed E-state index contributed by atoms with van der Waals surface area (Å²) in [5.74, 6) is 0.658. The van der Waals surface area contributed by atoms with E-state index in [0.717, 1.165) is 0 Å². The van der Waals surface area contributed by atoms with E-state index < -0.39 is 37.3 Å². The van der Waals surface area contributed by atoms with Crippen LogP contribution >= 0.6 is 0 Å². The number of benzene rings is 3. The van der Waals surface area contributed by atoms with Crippen LogP contribution in [-0.2, 0) is 4.74 Å². The molecule has 3 aromatic carbocycles. The lowest BCUT2D eigenvalue weighted by atomic mass is 9.99. The average Bonchev–Trinajstić information content (AvgIpc) is 3.31. The zero-order chi connectivity index (χ0) is 26.1. The van der Waals surface area contributed by atoms with Gasteiger partial charge in [-0.3, -0.25) is 4.79 Å². The second-order valence-corrected chi connectivity index (χ2v) is 8.77. The fourth-order valence-electron chi connectivity index (χ4n) is 4.56. The molecule has 0 unspecified atom stereocenters. The number of aromatic nitrogens is 1. The van der Waals surface area contributed by atoms with Gasteiger partial charge in [0, 0.05) is 22.6 Å². The summed E-state index contributed by atoms with van der Waals surface area (Å²) in [4.78, 5) is 13.5. The minimum Gasteiger partial charge on any atom is -0.497 e. The summed E-state index contributed by atoms with van der Waals surface area (Å²) in [7, 11) is 1.54. The minimum atomic E-state index is -1.59. The van der Waals surface area contributed by atoms with Crippen LogP contribution < -0.4 is 9.47 Å². The van der Waals surface area contributed by atoms with Crippen LogP contribution in [0.4, 0.5) is 0 Å². The lowest BCUT2D eigenvalue weighted by Gasteiger charge is -2.39. The van der Waals surface area contributed by atoms with Gasteiger partial charge < -0.3 is 39.2 Å². The normalized spacial score (nSPS) is 23.6.